The van der Waals surface area contributed by atoms with Gasteiger partial charge in [-0.15, -0.1) is 0 Å². The quantitative estimate of drug-likeness (QED) is 0.836. The van der Waals surface area contributed by atoms with Crippen LogP contribution in [-0.4, -0.2) is 58.3 Å². The second-order valence-electron chi connectivity index (χ2n) is 5.48. The fourth-order valence-corrected chi connectivity index (χ4v) is 2.54. The van der Waals surface area contributed by atoms with E-state index >= 15 is 0 Å². The molecule has 1 saturated heterocycles. The molecular formula is C17H16N6O2. The zero-order valence-electron chi connectivity index (χ0n) is 13.4. The lowest BCUT2D eigenvalue weighted by atomic mass is 10.2. The number of carbonyl (C=O) groups is 2. The van der Waals surface area contributed by atoms with Crippen LogP contribution in [0.1, 0.15) is 16.1 Å². The van der Waals surface area contributed by atoms with Crippen molar-refractivity contribution in [2.75, 3.05) is 31.5 Å². The minimum atomic E-state index is -0.204. The lowest BCUT2D eigenvalue weighted by molar-refractivity contribution is -0.119. The number of amides is 2. The number of carbonyl (C=O) groups excluding carboxylic acids is 2. The van der Waals surface area contributed by atoms with Crippen LogP contribution in [0.25, 0.3) is 0 Å². The molecule has 126 valence electrons. The van der Waals surface area contributed by atoms with Crippen LogP contribution in [0.2, 0.25) is 0 Å². The number of benzene rings is 1. The number of nitrogens with one attached hydrogen (secondary N) is 1. The van der Waals surface area contributed by atoms with E-state index < -0.39 is 0 Å². The molecule has 0 unspecified atom stereocenters. The Morgan fingerprint density at radius 1 is 1.20 bits per heavy atom. The summed E-state index contributed by atoms with van der Waals surface area (Å²) in [6, 6.07) is 10.6. The van der Waals surface area contributed by atoms with Gasteiger partial charge in [0.25, 0.3) is 5.91 Å². The van der Waals surface area contributed by atoms with Crippen molar-refractivity contribution in [3.05, 3.63) is 47.8 Å². The third kappa shape index (κ3) is 3.72. The van der Waals surface area contributed by atoms with Crippen LogP contribution in [0.4, 0.5) is 11.6 Å². The Hall–Kier alpha value is -3.47. The van der Waals surface area contributed by atoms with Gasteiger partial charge >= 0.3 is 0 Å². The molecule has 0 atom stereocenters. The fraction of sp³-hybridized carbons (Fsp3) is 0.235. The van der Waals surface area contributed by atoms with Gasteiger partial charge in [-0.3, -0.25) is 9.59 Å². The molecule has 0 aliphatic carbocycles. The second kappa shape index (κ2) is 7.40. The number of para-hydroxylation sites is 1. The van der Waals surface area contributed by atoms with Crippen LogP contribution in [0.15, 0.2) is 36.5 Å². The molecule has 8 heteroatoms. The third-order valence-electron chi connectivity index (χ3n) is 3.92. The van der Waals surface area contributed by atoms with Gasteiger partial charge in [0.05, 0.1) is 11.3 Å². The number of aromatic nitrogens is 2. The van der Waals surface area contributed by atoms with Crippen molar-refractivity contribution in [2.24, 2.45) is 0 Å². The zero-order chi connectivity index (χ0) is 17.6. The summed E-state index contributed by atoms with van der Waals surface area (Å²) >= 11 is 0. The standard InChI is InChI=1S/C17H16N6O2/c18-11-13-3-1-2-4-14(13)20-17-19-6-5-15(21-17)16(25)23-9-7-22(12-24)8-10-23/h1-6,12H,7-10H2,(H,19,20,21). The Kier molecular flexibility index (Phi) is 4.85. The van der Waals surface area contributed by atoms with E-state index in [-0.39, 0.29) is 17.5 Å². The second-order valence-corrected chi connectivity index (χ2v) is 5.48. The largest absolute Gasteiger partial charge is 0.342 e. The van der Waals surface area contributed by atoms with Crippen LogP contribution in [0, 0.1) is 11.3 Å². The molecule has 0 bridgehead atoms. The van der Waals surface area contributed by atoms with Gasteiger partial charge in [-0.25, -0.2) is 9.97 Å². The van der Waals surface area contributed by atoms with E-state index in [4.69, 9.17) is 5.26 Å². The first kappa shape index (κ1) is 16.4. The monoisotopic (exact) mass is 336 g/mol. The average Bonchev–Trinajstić information content (AvgIpc) is 2.68. The highest BCUT2D eigenvalue weighted by Gasteiger charge is 2.22. The van der Waals surface area contributed by atoms with Gasteiger partial charge in [0.1, 0.15) is 11.8 Å². The summed E-state index contributed by atoms with van der Waals surface area (Å²) in [6.45, 7) is 1.98. The maximum Gasteiger partial charge on any atom is 0.272 e. The van der Waals surface area contributed by atoms with E-state index in [0.29, 0.717) is 37.4 Å². The van der Waals surface area contributed by atoms with Crippen molar-refractivity contribution in [3.8, 4) is 6.07 Å². The lowest BCUT2D eigenvalue weighted by Gasteiger charge is -2.32. The van der Waals surface area contributed by atoms with Crippen molar-refractivity contribution >= 4 is 24.0 Å². The van der Waals surface area contributed by atoms with Crippen molar-refractivity contribution in [3.63, 3.8) is 0 Å². The van der Waals surface area contributed by atoms with Crippen molar-refractivity contribution in [2.45, 2.75) is 0 Å². The molecule has 0 saturated carbocycles. The van der Waals surface area contributed by atoms with Gasteiger partial charge in [-0.1, -0.05) is 12.1 Å². The van der Waals surface area contributed by atoms with Crippen molar-refractivity contribution in [1.29, 1.82) is 5.26 Å². The van der Waals surface area contributed by atoms with Crippen LogP contribution in [0.3, 0.4) is 0 Å². The summed E-state index contributed by atoms with van der Waals surface area (Å²) in [5, 5.41) is 12.1. The molecule has 3 rings (SSSR count). The first-order chi connectivity index (χ1) is 12.2. The van der Waals surface area contributed by atoms with Crippen LogP contribution < -0.4 is 5.32 Å². The van der Waals surface area contributed by atoms with E-state index in [1.54, 1.807) is 40.1 Å². The third-order valence-corrected chi connectivity index (χ3v) is 3.92. The Labute approximate surface area is 144 Å². The molecule has 1 aromatic heterocycles. The predicted octanol–water partition coefficient (Wildman–Crippen LogP) is 1.01. The number of anilines is 2. The van der Waals surface area contributed by atoms with Crippen molar-refractivity contribution < 1.29 is 9.59 Å². The Morgan fingerprint density at radius 2 is 1.96 bits per heavy atom. The number of hydrogen-bond donors (Lipinski definition) is 1. The van der Waals surface area contributed by atoms with E-state index in [9.17, 15) is 9.59 Å². The normalized spacial score (nSPS) is 13.9. The fourth-order valence-electron chi connectivity index (χ4n) is 2.54. The summed E-state index contributed by atoms with van der Waals surface area (Å²) in [5.74, 6) is 0.0460. The summed E-state index contributed by atoms with van der Waals surface area (Å²) in [7, 11) is 0. The Balaban J connectivity index is 1.74. The molecule has 25 heavy (non-hydrogen) atoms. The summed E-state index contributed by atoms with van der Waals surface area (Å²) in [4.78, 5) is 35.0. The minimum Gasteiger partial charge on any atom is -0.342 e. The molecule has 1 aliphatic heterocycles. The highest BCUT2D eigenvalue weighted by Crippen LogP contribution is 2.18. The zero-order valence-corrected chi connectivity index (χ0v) is 13.4. The number of nitrogens with zero attached hydrogens (tertiary/aromatic N) is 5. The highest BCUT2D eigenvalue weighted by molar-refractivity contribution is 5.92. The van der Waals surface area contributed by atoms with Gasteiger partial charge in [-0.05, 0) is 18.2 Å². The van der Waals surface area contributed by atoms with Crippen molar-refractivity contribution in [1.82, 2.24) is 19.8 Å². The SMILES string of the molecule is N#Cc1ccccc1Nc1nccc(C(=O)N2CCN(C=O)CC2)n1. The van der Waals surface area contributed by atoms with Crippen LogP contribution >= 0.6 is 0 Å². The molecule has 8 nitrogen and oxygen atoms in total. The molecule has 1 aliphatic rings. The molecule has 0 radical (unpaired) electrons. The molecule has 1 aromatic carbocycles. The molecular weight excluding hydrogens is 320 g/mol. The molecule has 2 aromatic rings. The van der Waals surface area contributed by atoms with Crippen LogP contribution in [-0.2, 0) is 4.79 Å². The summed E-state index contributed by atoms with van der Waals surface area (Å²) in [5.41, 5.74) is 1.31. The Bertz CT molecular complexity index is 824. The van der Waals surface area contributed by atoms with Crippen LogP contribution in [0.5, 0.6) is 0 Å². The van der Waals surface area contributed by atoms with Gasteiger partial charge in [0, 0.05) is 32.4 Å². The summed E-state index contributed by atoms with van der Waals surface area (Å²) < 4.78 is 0. The maximum absolute atomic E-state index is 12.6. The van der Waals surface area contributed by atoms with Gasteiger partial charge in [-0.2, -0.15) is 5.26 Å². The van der Waals surface area contributed by atoms with E-state index in [1.807, 2.05) is 0 Å². The minimum absolute atomic E-state index is 0.204. The molecule has 0 spiro atoms. The highest BCUT2D eigenvalue weighted by atomic mass is 16.2. The first-order valence-electron chi connectivity index (χ1n) is 7.79. The number of rotatable bonds is 4. The number of hydrogen-bond acceptors (Lipinski definition) is 6. The lowest BCUT2D eigenvalue weighted by Crippen LogP contribution is -2.48. The molecule has 2 amide bonds. The topological polar surface area (TPSA) is 102 Å². The predicted molar refractivity (Wildman–Crippen MR) is 90.0 cm³/mol. The van der Waals surface area contributed by atoms with Gasteiger partial charge < -0.3 is 15.1 Å². The molecule has 2 heterocycles. The molecule has 1 N–H and O–H groups in total. The number of nitriles is 1. The Morgan fingerprint density at radius 3 is 2.68 bits per heavy atom. The number of piperazine rings is 1. The van der Waals surface area contributed by atoms with E-state index in [1.165, 1.54) is 6.20 Å². The van der Waals surface area contributed by atoms with E-state index in [2.05, 4.69) is 21.4 Å². The van der Waals surface area contributed by atoms with E-state index in [0.717, 1.165) is 6.41 Å². The smallest absolute Gasteiger partial charge is 0.272 e. The molecule has 1 fully saturated rings. The summed E-state index contributed by atoms with van der Waals surface area (Å²) in [6.07, 6.45) is 2.29. The van der Waals surface area contributed by atoms with Gasteiger partial charge in [0.15, 0.2) is 0 Å². The van der Waals surface area contributed by atoms with Gasteiger partial charge in [0.2, 0.25) is 12.4 Å². The average molecular weight is 336 g/mol. The maximum atomic E-state index is 12.6. The first-order valence-corrected chi connectivity index (χ1v) is 7.79.